The molecule has 2 aliphatic rings. The van der Waals surface area contributed by atoms with E-state index < -0.39 is 0 Å². The Bertz CT molecular complexity index is 1040. The van der Waals surface area contributed by atoms with Gasteiger partial charge in [0.1, 0.15) is 0 Å². The van der Waals surface area contributed by atoms with Crippen molar-refractivity contribution in [2.24, 2.45) is 5.92 Å². The van der Waals surface area contributed by atoms with E-state index >= 15 is 0 Å². The molecular formula is C23H21N3O. The zero-order valence-electron chi connectivity index (χ0n) is 15.1. The molecule has 5 rings (SSSR count). The van der Waals surface area contributed by atoms with Crippen LogP contribution in [0.5, 0.6) is 0 Å². The topological polar surface area (TPSA) is 68.9 Å². The summed E-state index contributed by atoms with van der Waals surface area (Å²) in [6, 6.07) is 15.9. The maximum Gasteiger partial charge on any atom is 0.221 e. The van der Waals surface area contributed by atoms with E-state index in [1.54, 1.807) is 0 Å². The molecule has 0 spiro atoms. The van der Waals surface area contributed by atoms with Gasteiger partial charge in [0.15, 0.2) is 5.78 Å². The molecule has 2 N–H and O–H groups in total. The van der Waals surface area contributed by atoms with Gasteiger partial charge in [-0.25, -0.2) is 9.97 Å². The fraction of sp³-hybridized carbons (Fsp3) is 0.261. The summed E-state index contributed by atoms with van der Waals surface area (Å²) in [5.41, 5.74) is 11.6. The zero-order chi connectivity index (χ0) is 18.4. The van der Waals surface area contributed by atoms with E-state index in [0.29, 0.717) is 22.5 Å². The van der Waals surface area contributed by atoms with Crippen molar-refractivity contribution in [3.63, 3.8) is 0 Å². The molecule has 1 saturated carbocycles. The van der Waals surface area contributed by atoms with Crippen LogP contribution >= 0.6 is 0 Å². The van der Waals surface area contributed by atoms with E-state index in [1.807, 2.05) is 36.4 Å². The van der Waals surface area contributed by atoms with E-state index in [-0.39, 0.29) is 11.7 Å². The number of rotatable bonds is 3. The van der Waals surface area contributed by atoms with Gasteiger partial charge in [-0.3, -0.25) is 4.79 Å². The molecule has 0 atom stereocenters. The van der Waals surface area contributed by atoms with Crippen molar-refractivity contribution in [3.8, 4) is 22.5 Å². The summed E-state index contributed by atoms with van der Waals surface area (Å²) in [6.45, 7) is 0. The second-order valence-corrected chi connectivity index (χ2v) is 7.58. The van der Waals surface area contributed by atoms with Crippen LogP contribution in [0.3, 0.4) is 0 Å². The summed E-state index contributed by atoms with van der Waals surface area (Å²) in [5, 5.41) is 0. The molecule has 3 aromatic rings. The highest BCUT2D eigenvalue weighted by Gasteiger charge is 2.33. The number of carbonyl (C=O) groups is 1. The maximum absolute atomic E-state index is 13.1. The van der Waals surface area contributed by atoms with Gasteiger partial charge in [-0.1, -0.05) is 68.1 Å². The number of carbonyl (C=O) groups excluding carboxylic acids is 1. The predicted molar refractivity (Wildman–Crippen MR) is 106 cm³/mol. The Labute approximate surface area is 158 Å². The number of hydrogen-bond acceptors (Lipinski definition) is 4. The summed E-state index contributed by atoms with van der Waals surface area (Å²) in [4.78, 5) is 22.0. The number of nitrogens with zero attached hydrogens (tertiary/aromatic N) is 2. The molecule has 4 heteroatoms. The van der Waals surface area contributed by atoms with Gasteiger partial charge in [-0.2, -0.15) is 0 Å². The van der Waals surface area contributed by atoms with E-state index in [9.17, 15) is 4.79 Å². The average molecular weight is 355 g/mol. The summed E-state index contributed by atoms with van der Waals surface area (Å²) in [7, 11) is 0. The number of anilines is 1. The lowest BCUT2D eigenvalue weighted by Gasteiger charge is -2.10. The fourth-order valence-electron chi connectivity index (χ4n) is 4.49. The first kappa shape index (κ1) is 16.2. The Morgan fingerprint density at radius 2 is 1.67 bits per heavy atom. The highest BCUT2D eigenvalue weighted by atomic mass is 16.1. The molecule has 0 unspecified atom stereocenters. The van der Waals surface area contributed by atoms with Crippen LogP contribution in [0.1, 0.15) is 47.2 Å². The monoisotopic (exact) mass is 355 g/mol. The van der Waals surface area contributed by atoms with Crippen molar-refractivity contribution in [1.82, 2.24) is 9.97 Å². The standard InChI is InChI=1S/C23H21N3O/c24-23-25-20(16-8-2-1-3-9-16)19-21(26-23)18-13-15(10-11-17(18)22(19)27)12-14-6-4-5-7-14/h1-3,8-11,13-14H,4-7,12H2,(H2,24,25,26). The lowest BCUT2D eigenvalue weighted by atomic mass is 9.95. The second-order valence-electron chi connectivity index (χ2n) is 7.58. The molecule has 0 bridgehead atoms. The minimum absolute atomic E-state index is 0.00808. The highest BCUT2D eigenvalue weighted by molar-refractivity contribution is 6.23. The van der Waals surface area contributed by atoms with E-state index in [0.717, 1.165) is 23.5 Å². The number of nitrogen functional groups attached to an aromatic ring is 1. The van der Waals surface area contributed by atoms with Crippen LogP contribution < -0.4 is 5.73 Å². The molecule has 1 heterocycles. The Morgan fingerprint density at radius 3 is 2.44 bits per heavy atom. The SMILES string of the molecule is Nc1nc(-c2ccccc2)c2c(n1)-c1cc(CC3CCCC3)ccc1C2=O. The molecular weight excluding hydrogens is 334 g/mol. The van der Waals surface area contributed by atoms with Crippen LogP contribution in [0, 0.1) is 5.92 Å². The number of benzene rings is 2. The molecule has 0 radical (unpaired) electrons. The first-order valence-electron chi connectivity index (χ1n) is 9.61. The van der Waals surface area contributed by atoms with Crippen LogP contribution in [0.2, 0.25) is 0 Å². The molecule has 1 fully saturated rings. The van der Waals surface area contributed by atoms with Gasteiger partial charge in [0.25, 0.3) is 0 Å². The summed E-state index contributed by atoms with van der Waals surface area (Å²) < 4.78 is 0. The fourth-order valence-corrected chi connectivity index (χ4v) is 4.49. The molecule has 27 heavy (non-hydrogen) atoms. The van der Waals surface area contributed by atoms with Crippen molar-refractivity contribution < 1.29 is 4.79 Å². The molecule has 4 nitrogen and oxygen atoms in total. The van der Waals surface area contributed by atoms with Crippen molar-refractivity contribution >= 4 is 11.7 Å². The highest BCUT2D eigenvalue weighted by Crippen LogP contribution is 2.41. The molecule has 134 valence electrons. The van der Waals surface area contributed by atoms with Crippen LogP contribution in [0.15, 0.2) is 48.5 Å². The Hall–Kier alpha value is -3.01. The van der Waals surface area contributed by atoms with Crippen molar-refractivity contribution in [1.29, 1.82) is 0 Å². The largest absolute Gasteiger partial charge is 0.368 e. The average Bonchev–Trinajstić information content (AvgIpc) is 3.29. The third-order valence-electron chi connectivity index (χ3n) is 5.78. The maximum atomic E-state index is 13.1. The minimum atomic E-state index is -0.00808. The van der Waals surface area contributed by atoms with Crippen molar-refractivity contribution in [3.05, 3.63) is 65.2 Å². The van der Waals surface area contributed by atoms with Gasteiger partial charge >= 0.3 is 0 Å². The molecule has 2 aliphatic carbocycles. The van der Waals surface area contributed by atoms with Crippen molar-refractivity contribution in [2.75, 3.05) is 5.73 Å². The molecule has 0 saturated heterocycles. The van der Waals surface area contributed by atoms with Gasteiger partial charge in [0.2, 0.25) is 5.95 Å². The van der Waals surface area contributed by atoms with Crippen LogP contribution in [-0.2, 0) is 6.42 Å². The van der Waals surface area contributed by atoms with Crippen LogP contribution in [0.25, 0.3) is 22.5 Å². The predicted octanol–water partition coefficient (Wildman–Crippen LogP) is 4.67. The number of hydrogen-bond donors (Lipinski definition) is 1. The third kappa shape index (κ3) is 2.72. The first-order chi connectivity index (χ1) is 13.2. The lowest BCUT2D eigenvalue weighted by molar-refractivity contribution is 0.104. The van der Waals surface area contributed by atoms with Gasteiger partial charge in [-0.05, 0) is 24.0 Å². The van der Waals surface area contributed by atoms with Crippen molar-refractivity contribution in [2.45, 2.75) is 32.1 Å². The van der Waals surface area contributed by atoms with E-state index in [2.05, 4.69) is 22.1 Å². The normalized spacial score (nSPS) is 15.8. The Balaban J connectivity index is 1.63. The zero-order valence-corrected chi connectivity index (χ0v) is 15.1. The van der Waals surface area contributed by atoms with Crippen LogP contribution in [0.4, 0.5) is 5.95 Å². The third-order valence-corrected chi connectivity index (χ3v) is 5.78. The lowest BCUT2D eigenvalue weighted by Crippen LogP contribution is -2.05. The minimum Gasteiger partial charge on any atom is -0.368 e. The quantitative estimate of drug-likeness (QED) is 0.580. The number of aromatic nitrogens is 2. The molecule has 0 aliphatic heterocycles. The Morgan fingerprint density at radius 1 is 0.926 bits per heavy atom. The molecule has 0 amide bonds. The molecule has 1 aromatic heterocycles. The molecule has 2 aromatic carbocycles. The summed E-state index contributed by atoms with van der Waals surface area (Å²) >= 11 is 0. The first-order valence-corrected chi connectivity index (χ1v) is 9.61. The van der Waals surface area contributed by atoms with E-state index in [1.165, 1.54) is 31.2 Å². The van der Waals surface area contributed by atoms with Gasteiger partial charge in [0, 0.05) is 16.7 Å². The van der Waals surface area contributed by atoms with Gasteiger partial charge in [-0.15, -0.1) is 0 Å². The second kappa shape index (κ2) is 6.31. The van der Waals surface area contributed by atoms with Gasteiger partial charge < -0.3 is 5.73 Å². The number of fused-ring (bicyclic) bond motifs is 3. The van der Waals surface area contributed by atoms with Crippen LogP contribution in [-0.4, -0.2) is 15.8 Å². The number of ketones is 1. The number of nitrogens with two attached hydrogens (primary N) is 1. The summed E-state index contributed by atoms with van der Waals surface area (Å²) in [5.74, 6) is 0.954. The Kier molecular flexibility index (Phi) is 3.78. The smallest absolute Gasteiger partial charge is 0.221 e. The van der Waals surface area contributed by atoms with E-state index in [4.69, 9.17) is 5.73 Å². The van der Waals surface area contributed by atoms with Gasteiger partial charge in [0.05, 0.1) is 17.0 Å². The summed E-state index contributed by atoms with van der Waals surface area (Å²) in [6.07, 6.45) is 6.35.